The molecule has 1 fully saturated rings. The third kappa shape index (κ3) is 18.7. The maximum atomic E-state index is 14.9. The molecule has 3 aliphatic rings. The number of ether oxygens (including phenoxy) is 3. The number of amides is 2. The van der Waals surface area contributed by atoms with Gasteiger partial charge in [-0.15, -0.1) is 6.58 Å². The lowest BCUT2D eigenvalue weighted by Crippen LogP contribution is -2.70. The highest BCUT2D eigenvalue weighted by atomic mass is 16.7. The lowest BCUT2D eigenvalue weighted by molar-refractivity contribution is -0.384. The van der Waals surface area contributed by atoms with Crippen LogP contribution >= 0.6 is 0 Å². The second-order valence-corrected chi connectivity index (χ2v) is 21.6. The minimum absolute atomic E-state index is 0.00732. The minimum Gasteiger partial charge on any atom is -0.459 e. The Morgan fingerprint density at radius 3 is 2.04 bits per heavy atom. The van der Waals surface area contributed by atoms with Crippen LogP contribution in [0, 0.1) is 27.9 Å². The van der Waals surface area contributed by atoms with Gasteiger partial charge in [-0.1, -0.05) is 160 Å². The Bertz CT molecular complexity index is 2100. The lowest BCUT2D eigenvalue weighted by Gasteiger charge is -2.60. The minimum atomic E-state index is -1.40. The van der Waals surface area contributed by atoms with Crippen LogP contribution in [0.3, 0.4) is 0 Å². The molecule has 0 bridgehead atoms. The van der Waals surface area contributed by atoms with E-state index in [0.29, 0.717) is 61.5 Å². The number of carbonyl (C=O) groups excluding carboxylic acids is 2. The van der Waals surface area contributed by atoms with Gasteiger partial charge in [0.05, 0.1) is 23.2 Å². The molecule has 14 nitrogen and oxygen atoms in total. The van der Waals surface area contributed by atoms with E-state index in [4.69, 9.17) is 24.2 Å². The average molecular weight is 1060 g/mol. The quantitative estimate of drug-likeness (QED) is 0.0251. The van der Waals surface area contributed by atoms with Crippen molar-refractivity contribution in [3.63, 3.8) is 0 Å². The molecule has 1 aliphatic heterocycles. The maximum absolute atomic E-state index is 14.9. The predicted molar refractivity (Wildman–Crippen MR) is 303 cm³/mol. The normalized spacial score (nSPS) is 21.0. The number of nitrogens with zero attached hydrogens (tertiary/aromatic N) is 3. The number of hydrogen-bond acceptors (Lipinski definition) is 11. The van der Waals surface area contributed by atoms with E-state index in [9.17, 15) is 29.9 Å². The fourth-order valence-electron chi connectivity index (χ4n) is 12.0. The Balaban J connectivity index is 1.54. The summed E-state index contributed by atoms with van der Waals surface area (Å²) in [6.07, 6.45) is 31.5. The topological polar surface area (TPSA) is 182 Å². The smallest absolute Gasteiger partial charge is 0.412 e. The van der Waals surface area contributed by atoms with Crippen LogP contribution in [0.1, 0.15) is 218 Å². The monoisotopic (exact) mass is 1060 g/mol. The first-order chi connectivity index (χ1) is 37.2. The second kappa shape index (κ2) is 34.9. The summed E-state index contributed by atoms with van der Waals surface area (Å²) in [6.45, 7) is 12.0. The van der Waals surface area contributed by atoms with Crippen molar-refractivity contribution in [3.8, 4) is 11.5 Å². The van der Waals surface area contributed by atoms with Gasteiger partial charge >= 0.3 is 6.09 Å². The zero-order valence-electron chi connectivity index (χ0n) is 46.8. The molecule has 424 valence electrons. The molecule has 2 amide bonds. The third-order valence-corrected chi connectivity index (χ3v) is 15.9. The summed E-state index contributed by atoms with van der Waals surface area (Å²) >= 11 is 0. The highest BCUT2D eigenvalue weighted by Gasteiger charge is 2.65. The number of nitrogens with one attached hydrogen (secondary N) is 1. The lowest BCUT2D eigenvalue weighted by atomic mass is 9.55. The molecule has 6 atom stereocenters. The number of carbonyl (C=O) groups is 2. The molecule has 76 heavy (non-hydrogen) atoms. The first kappa shape index (κ1) is 62.1. The van der Waals surface area contributed by atoms with Crippen LogP contribution in [0.4, 0.5) is 10.5 Å². The molecule has 2 aromatic rings. The highest BCUT2D eigenvalue weighted by Crippen LogP contribution is 2.62. The summed E-state index contributed by atoms with van der Waals surface area (Å²) in [5.74, 6) is -1.20. The number of allylic oxidation sites excluding steroid dienone is 1. The van der Waals surface area contributed by atoms with Gasteiger partial charge in [0.1, 0.15) is 24.1 Å². The van der Waals surface area contributed by atoms with Gasteiger partial charge in [0.2, 0.25) is 11.7 Å². The number of hydrogen-bond donors (Lipinski definition) is 3. The number of rotatable bonds is 40. The van der Waals surface area contributed by atoms with Gasteiger partial charge in [-0.25, -0.2) is 4.79 Å². The fraction of sp³-hybridized carbons (Fsp3) is 0.694. The Morgan fingerprint density at radius 1 is 0.816 bits per heavy atom. The Kier molecular flexibility index (Phi) is 28.5. The van der Waals surface area contributed by atoms with Crippen molar-refractivity contribution >= 4 is 23.4 Å². The van der Waals surface area contributed by atoms with Crippen LogP contribution in [-0.2, 0) is 21.0 Å². The number of non-ortho nitro benzene ring substituents is 1. The van der Waals surface area contributed by atoms with E-state index in [0.717, 1.165) is 75.3 Å². The number of aliphatic hydroxyl groups is 2. The number of oxime groups is 1. The molecule has 0 radical (unpaired) electrons. The predicted octanol–water partition coefficient (Wildman–Crippen LogP) is 14.6. The van der Waals surface area contributed by atoms with E-state index < -0.39 is 28.8 Å². The van der Waals surface area contributed by atoms with E-state index in [-0.39, 0.29) is 62.2 Å². The molecule has 0 aromatic heterocycles. The van der Waals surface area contributed by atoms with Gasteiger partial charge in [-0.05, 0) is 98.2 Å². The van der Waals surface area contributed by atoms with Crippen LogP contribution in [0.15, 0.2) is 71.9 Å². The summed E-state index contributed by atoms with van der Waals surface area (Å²) in [5, 5.41) is 39.5. The number of unbranched alkanes of at least 4 members (excludes halogenated alkanes) is 19. The summed E-state index contributed by atoms with van der Waals surface area (Å²) < 4.78 is 20.7. The first-order valence-electron chi connectivity index (χ1n) is 29.8. The van der Waals surface area contributed by atoms with Crippen molar-refractivity contribution < 1.29 is 43.8 Å². The summed E-state index contributed by atoms with van der Waals surface area (Å²) in [5.41, 5.74) is 3.13. The van der Waals surface area contributed by atoms with Gasteiger partial charge in [0.25, 0.3) is 5.69 Å². The number of nitro groups is 1. The largest absolute Gasteiger partial charge is 0.459 e. The fourth-order valence-corrected chi connectivity index (χ4v) is 12.0. The maximum Gasteiger partial charge on any atom is 0.412 e. The molecule has 2 aliphatic carbocycles. The molecular formula is C62H96N4O10. The second-order valence-electron chi connectivity index (χ2n) is 21.6. The van der Waals surface area contributed by atoms with Crippen molar-refractivity contribution in [2.75, 3.05) is 32.9 Å². The van der Waals surface area contributed by atoms with Crippen LogP contribution in [0.5, 0.6) is 11.5 Å². The molecule has 3 N–H and O–H groups in total. The van der Waals surface area contributed by atoms with Gasteiger partial charge in [-0.2, -0.15) is 0 Å². The molecule has 1 heterocycles. The standard InChI is InChI=1S/C62H96N4O10/c1-5-9-11-13-15-17-19-21-23-27-39-63-61(70)75-51-37-38-56-54(45-51)59-52(31-26-29-42-68)49(30-25-28-41-67)44-53-55(64-74-47-48-33-35-50(36-34-48)66(71)72)46-57(62(76-56,60(53)59)73-43-8-4)65(40-7-3)58(69)32-24-22-20-18-16-14-12-10-6-2/h8,33-38,44-45,49,52,57,59-60,67-68H,4-7,9-32,39-43,46-47H2,1-3H3,(H,63,70)/t49-,52+,57-,59+,60+,62+/m0/s1. The number of nitro benzene ring substituents is 1. The molecule has 14 heteroatoms. The average Bonchev–Trinajstić information content (AvgIpc) is 3.55. The van der Waals surface area contributed by atoms with Crippen molar-refractivity contribution in [1.29, 1.82) is 0 Å². The van der Waals surface area contributed by atoms with Crippen LogP contribution in [0.25, 0.3) is 0 Å². The molecule has 1 saturated carbocycles. The van der Waals surface area contributed by atoms with Crippen molar-refractivity contribution in [2.45, 2.75) is 225 Å². The SMILES string of the molecule is C=CCO[C@@]12Oc3ccc(OC(=O)NCCCCCCCCCCCC)cc3[C@H]3[C@H](CCCCO)[C@@H](CCCCO)C=C(C(=NOCc4ccc([N+](=O)[O-])cc4)C[C@@H]1N(CCC)C(=O)CCCCCCCCCCC)[C@H]32. The van der Waals surface area contributed by atoms with Gasteiger partial charge in [0, 0.05) is 62.8 Å². The van der Waals surface area contributed by atoms with E-state index in [1.807, 2.05) is 17.0 Å². The molecule has 0 saturated heterocycles. The van der Waals surface area contributed by atoms with Crippen molar-refractivity contribution in [3.05, 3.63) is 88.0 Å². The van der Waals surface area contributed by atoms with Crippen LogP contribution < -0.4 is 14.8 Å². The van der Waals surface area contributed by atoms with Gasteiger partial charge in [0.15, 0.2) is 0 Å². The van der Waals surface area contributed by atoms with Gasteiger partial charge < -0.3 is 39.5 Å². The molecule has 0 spiro atoms. The molecule has 5 rings (SSSR count). The molecule has 2 aromatic carbocycles. The van der Waals surface area contributed by atoms with Crippen LogP contribution in [0.2, 0.25) is 0 Å². The summed E-state index contributed by atoms with van der Waals surface area (Å²) in [6, 6.07) is 11.2. The van der Waals surface area contributed by atoms with Crippen molar-refractivity contribution in [1.82, 2.24) is 10.2 Å². The van der Waals surface area contributed by atoms with E-state index >= 15 is 0 Å². The first-order valence-corrected chi connectivity index (χ1v) is 29.8. The number of fused-ring (bicyclic) bond motifs is 2. The summed E-state index contributed by atoms with van der Waals surface area (Å²) in [4.78, 5) is 47.6. The number of benzene rings is 2. The Hall–Kier alpha value is -4.79. The Morgan fingerprint density at radius 2 is 1.43 bits per heavy atom. The Labute approximate surface area is 456 Å². The summed E-state index contributed by atoms with van der Waals surface area (Å²) in [7, 11) is 0. The third-order valence-electron chi connectivity index (χ3n) is 15.9. The zero-order chi connectivity index (χ0) is 54.4. The van der Waals surface area contributed by atoms with Crippen molar-refractivity contribution in [2.24, 2.45) is 22.9 Å². The van der Waals surface area contributed by atoms with E-state index in [2.05, 4.69) is 38.7 Å². The van der Waals surface area contributed by atoms with Gasteiger partial charge in [-0.3, -0.25) is 14.9 Å². The van der Waals surface area contributed by atoms with E-state index in [1.165, 1.54) is 95.6 Å². The van der Waals surface area contributed by atoms with E-state index in [1.54, 1.807) is 24.3 Å². The zero-order valence-corrected chi connectivity index (χ0v) is 46.8. The highest BCUT2D eigenvalue weighted by molar-refractivity contribution is 6.03. The molecule has 0 unspecified atom stereocenters. The molecular weight excluding hydrogens is 961 g/mol. The number of aliphatic hydroxyl groups excluding tert-OH is 2. The van der Waals surface area contributed by atoms with Crippen LogP contribution in [-0.4, -0.2) is 82.5 Å².